The summed E-state index contributed by atoms with van der Waals surface area (Å²) in [5.41, 5.74) is 11.4. The molecule has 0 unspecified atom stereocenters. The van der Waals surface area contributed by atoms with Crippen molar-refractivity contribution in [2.45, 2.75) is 44.9 Å². The molecule has 4 rings (SSSR count). The van der Waals surface area contributed by atoms with E-state index in [1.54, 1.807) is 0 Å². The van der Waals surface area contributed by atoms with Gasteiger partial charge >= 0.3 is 0 Å². The van der Waals surface area contributed by atoms with Crippen molar-refractivity contribution in [1.29, 1.82) is 0 Å². The van der Waals surface area contributed by atoms with Crippen molar-refractivity contribution in [1.82, 2.24) is 15.0 Å². The molecule has 4 nitrogen and oxygen atoms in total. The Labute approximate surface area is 136 Å². The second-order valence-electron chi connectivity index (χ2n) is 6.59. The minimum absolute atomic E-state index is 0.374. The number of nitrogens with zero attached hydrogens (tertiary/aromatic N) is 2. The van der Waals surface area contributed by atoms with Gasteiger partial charge in [0.25, 0.3) is 0 Å². The van der Waals surface area contributed by atoms with Crippen LogP contribution in [-0.4, -0.2) is 15.0 Å². The van der Waals surface area contributed by atoms with Crippen molar-refractivity contribution in [3.05, 3.63) is 41.6 Å². The Hall–Kier alpha value is -2.36. The van der Waals surface area contributed by atoms with Gasteiger partial charge in [-0.15, -0.1) is 0 Å². The van der Waals surface area contributed by atoms with Crippen molar-refractivity contribution in [3.63, 3.8) is 0 Å². The molecule has 1 saturated carbocycles. The van der Waals surface area contributed by atoms with E-state index >= 15 is 0 Å². The van der Waals surface area contributed by atoms with E-state index < -0.39 is 0 Å². The SMILES string of the molecule is Cc1cccc2[nH]c(-c3cc(C4CCCCC4)nc(N)n3)cc12. The van der Waals surface area contributed by atoms with Crippen LogP contribution < -0.4 is 5.73 Å². The number of aromatic nitrogens is 3. The van der Waals surface area contributed by atoms with Gasteiger partial charge in [0.05, 0.1) is 11.4 Å². The fourth-order valence-electron chi connectivity index (χ4n) is 3.68. The molecule has 0 amide bonds. The molecule has 0 saturated heterocycles. The summed E-state index contributed by atoms with van der Waals surface area (Å²) in [6, 6.07) is 10.6. The predicted molar refractivity (Wildman–Crippen MR) is 94.3 cm³/mol. The van der Waals surface area contributed by atoms with Crippen LogP contribution in [0.4, 0.5) is 5.95 Å². The van der Waals surface area contributed by atoms with Crippen LogP contribution in [0.5, 0.6) is 0 Å². The Morgan fingerprint density at radius 3 is 2.70 bits per heavy atom. The van der Waals surface area contributed by atoms with Gasteiger partial charge in [0.15, 0.2) is 0 Å². The third kappa shape index (κ3) is 2.69. The summed E-state index contributed by atoms with van der Waals surface area (Å²) < 4.78 is 0. The van der Waals surface area contributed by atoms with Gasteiger partial charge in [-0.25, -0.2) is 9.97 Å². The summed E-state index contributed by atoms with van der Waals surface area (Å²) in [6.07, 6.45) is 6.33. The van der Waals surface area contributed by atoms with E-state index in [9.17, 15) is 0 Å². The maximum atomic E-state index is 5.99. The normalized spacial score (nSPS) is 16.0. The third-order valence-corrected chi connectivity index (χ3v) is 4.94. The summed E-state index contributed by atoms with van der Waals surface area (Å²) in [7, 11) is 0. The Morgan fingerprint density at radius 1 is 1.09 bits per heavy atom. The van der Waals surface area contributed by atoms with Gasteiger partial charge in [0.2, 0.25) is 5.95 Å². The number of aromatic amines is 1. The Morgan fingerprint density at radius 2 is 1.91 bits per heavy atom. The molecular weight excluding hydrogens is 284 g/mol. The lowest BCUT2D eigenvalue weighted by Gasteiger charge is -2.21. The average Bonchev–Trinajstić information content (AvgIpc) is 3.01. The minimum Gasteiger partial charge on any atom is -0.368 e. The van der Waals surface area contributed by atoms with Crippen molar-refractivity contribution >= 4 is 16.9 Å². The van der Waals surface area contributed by atoms with Gasteiger partial charge in [0, 0.05) is 22.5 Å². The van der Waals surface area contributed by atoms with Gasteiger partial charge < -0.3 is 10.7 Å². The topological polar surface area (TPSA) is 67.6 Å². The van der Waals surface area contributed by atoms with Gasteiger partial charge in [-0.05, 0) is 43.5 Å². The zero-order chi connectivity index (χ0) is 15.8. The standard InChI is InChI=1S/C19H22N4/c1-12-6-5-9-15-14(12)10-17(21-15)18-11-16(22-19(20)23-18)13-7-3-2-4-8-13/h5-6,9-11,13,21H,2-4,7-8H2,1H3,(H2,20,22,23). The molecular formula is C19H22N4. The molecule has 1 aliphatic carbocycles. The van der Waals surface area contributed by atoms with Crippen LogP contribution in [0.15, 0.2) is 30.3 Å². The molecule has 2 aromatic heterocycles. The highest BCUT2D eigenvalue weighted by molar-refractivity contribution is 5.88. The van der Waals surface area contributed by atoms with Gasteiger partial charge in [0.1, 0.15) is 0 Å². The summed E-state index contributed by atoms with van der Waals surface area (Å²) >= 11 is 0. The maximum Gasteiger partial charge on any atom is 0.220 e. The van der Waals surface area contributed by atoms with Crippen molar-refractivity contribution in [2.24, 2.45) is 0 Å². The molecule has 0 radical (unpaired) electrons. The highest BCUT2D eigenvalue weighted by atomic mass is 15.0. The first-order chi connectivity index (χ1) is 11.2. The number of aryl methyl sites for hydroxylation is 1. The van der Waals surface area contributed by atoms with E-state index in [1.807, 2.05) is 0 Å². The molecule has 3 aromatic rings. The predicted octanol–water partition coefficient (Wildman–Crippen LogP) is 4.56. The van der Waals surface area contributed by atoms with E-state index in [0.29, 0.717) is 11.9 Å². The summed E-state index contributed by atoms with van der Waals surface area (Å²) in [6.45, 7) is 2.13. The van der Waals surface area contributed by atoms with Gasteiger partial charge in [-0.3, -0.25) is 0 Å². The number of nitrogens with one attached hydrogen (secondary N) is 1. The summed E-state index contributed by atoms with van der Waals surface area (Å²) in [4.78, 5) is 12.4. The van der Waals surface area contributed by atoms with Gasteiger partial charge in [-0.1, -0.05) is 31.4 Å². The third-order valence-electron chi connectivity index (χ3n) is 4.94. The first-order valence-electron chi connectivity index (χ1n) is 8.44. The monoisotopic (exact) mass is 306 g/mol. The first-order valence-corrected chi connectivity index (χ1v) is 8.44. The van der Waals surface area contributed by atoms with Crippen LogP contribution in [0.1, 0.15) is 49.3 Å². The summed E-state index contributed by atoms with van der Waals surface area (Å²) in [5, 5.41) is 1.24. The molecule has 1 aromatic carbocycles. The van der Waals surface area contributed by atoms with Crippen LogP contribution in [-0.2, 0) is 0 Å². The van der Waals surface area contributed by atoms with Crippen molar-refractivity contribution < 1.29 is 0 Å². The lowest BCUT2D eigenvalue weighted by atomic mass is 9.86. The lowest BCUT2D eigenvalue weighted by Crippen LogP contribution is -2.09. The average molecular weight is 306 g/mol. The van der Waals surface area contributed by atoms with E-state index in [1.165, 1.54) is 43.1 Å². The molecule has 0 spiro atoms. The Kier molecular flexibility index (Phi) is 3.52. The molecule has 1 aliphatic rings. The number of hydrogen-bond donors (Lipinski definition) is 2. The first kappa shape index (κ1) is 14.2. The Balaban J connectivity index is 1.77. The second kappa shape index (κ2) is 5.69. The van der Waals surface area contributed by atoms with E-state index in [2.05, 4.69) is 52.2 Å². The Bertz CT molecular complexity index is 844. The van der Waals surface area contributed by atoms with E-state index in [0.717, 1.165) is 22.6 Å². The number of nitrogens with two attached hydrogens (primary N) is 1. The maximum absolute atomic E-state index is 5.99. The number of fused-ring (bicyclic) bond motifs is 1. The van der Waals surface area contributed by atoms with E-state index in [4.69, 9.17) is 5.73 Å². The van der Waals surface area contributed by atoms with Crippen molar-refractivity contribution in [2.75, 3.05) is 5.73 Å². The van der Waals surface area contributed by atoms with Crippen molar-refractivity contribution in [3.8, 4) is 11.4 Å². The van der Waals surface area contributed by atoms with Gasteiger partial charge in [-0.2, -0.15) is 0 Å². The number of nitrogen functional groups attached to an aromatic ring is 1. The molecule has 118 valence electrons. The highest BCUT2D eigenvalue weighted by Gasteiger charge is 2.19. The van der Waals surface area contributed by atoms with Crippen LogP contribution >= 0.6 is 0 Å². The fraction of sp³-hybridized carbons (Fsp3) is 0.368. The quantitative estimate of drug-likeness (QED) is 0.729. The molecule has 0 aliphatic heterocycles. The molecule has 4 heteroatoms. The molecule has 3 N–H and O–H groups in total. The largest absolute Gasteiger partial charge is 0.368 e. The van der Waals surface area contributed by atoms with E-state index in [-0.39, 0.29) is 0 Å². The smallest absolute Gasteiger partial charge is 0.220 e. The number of hydrogen-bond acceptors (Lipinski definition) is 3. The summed E-state index contributed by atoms with van der Waals surface area (Å²) in [5.74, 6) is 0.900. The zero-order valence-electron chi connectivity index (χ0n) is 13.5. The highest BCUT2D eigenvalue weighted by Crippen LogP contribution is 2.34. The molecule has 0 bridgehead atoms. The zero-order valence-corrected chi connectivity index (χ0v) is 13.5. The lowest BCUT2D eigenvalue weighted by molar-refractivity contribution is 0.436. The minimum atomic E-state index is 0.374. The number of benzene rings is 1. The number of rotatable bonds is 2. The second-order valence-corrected chi connectivity index (χ2v) is 6.59. The van der Waals surface area contributed by atoms with Crippen LogP contribution in [0, 0.1) is 6.92 Å². The molecule has 0 atom stereocenters. The molecule has 23 heavy (non-hydrogen) atoms. The number of anilines is 1. The molecule has 1 fully saturated rings. The number of H-pyrrole nitrogens is 1. The van der Waals surface area contributed by atoms with Crippen LogP contribution in [0.2, 0.25) is 0 Å². The fourth-order valence-corrected chi connectivity index (χ4v) is 3.68. The van der Waals surface area contributed by atoms with Crippen LogP contribution in [0.25, 0.3) is 22.3 Å². The van der Waals surface area contributed by atoms with Crippen LogP contribution in [0.3, 0.4) is 0 Å². The molecule has 2 heterocycles.